The van der Waals surface area contributed by atoms with Crippen molar-refractivity contribution >= 4 is 54.7 Å². The summed E-state index contributed by atoms with van der Waals surface area (Å²) in [6.07, 6.45) is 0. The molecular weight excluding hydrogens is 386 g/mol. The molecule has 22 heavy (non-hydrogen) atoms. The van der Waals surface area contributed by atoms with E-state index in [9.17, 15) is 8.42 Å². The van der Waals surface area contributed by atoms with Crippen LogP contribution in [0, 0.1) is 6.92 Å². The van der Waals surface area contributed by atoms with Gasteiger partial charge in [0, 0.05) is 15.8 Å². The zero-order chi connectivity index (χ0) is 16.3. The third-order valence-corrected chi connectivity index (χ3v) is 4.88. The van der Waals surface area contributed by atoms with E-state index in [1.165, 1.54) is 12.1 Å². The van der Waals surface area contributed by atoms with Crippen molar-refractivity contribution in [3.63, 3.8) is 0 Å². The third kappa shape index (κ3) is 4.51. The van der Waals surface area contributed by atoms with Crippen molar-refractivity contribution in [2.75, 3.05) is 10.6 Å². The maximum atomic E-state index is 11.2. The summed E-state index contributed by atoms with van der Waals surface area (Å²) in [5.74, 6) is 0. The summed E-state index contributed by atoms with van der Waals surface area (Å²) in [4.78, 5) is 0.0560. The molecule has 0 atom stereocenters. The second-order valence-corrected chi connectivity index (χ2v) is 7.44. The number of anilines is 2. The zero-order valence-corrected chi connectivity index (χ0v) is 14.8. The second kappa shape index (κ2) is 6.74. The Labute approximate surface area is 143 Å². The van der Waals surface area contributed by atoms with E-state index in [-0.39, 0.29) is 4.90 Å². The van der Waals surface area contributed by atoms with E-state index < -0.39 is 10.0 Å². The molecule has 0 heterocycles. The van der Waals surface area contributed by atoms with Crippen molar-refractivity contribution in [3.05, 3.63) is 52.5 Å². The number of sulfonamides is 1. The normalized spacial score (nSPS) is 11.0. The molecule has 2 rings (SSSR count). The Kier molecular flexibility index (Phi) is 5.17. The predicted octanol–water partition coefficient (Wildman–Crippen LogP) is 3.21. The molecule has 0 fully saturated rings. The maximum absolute atomic E-state index is 11.2. The third-order valence-electron chi connectivity index (χ3n) is 2.86. The Morgan fingerprint density at radius 3 is 2.18 bits per heavy atom. The number of aryl methyl sites for hydroxylation is 1. The molecule has 0 unspecified atom stereocenters. The van der Waals surface area contributed by atoms with E-state index >= 15 is 0 Å². The van der Waals surface area contributed by atoms with Gasteiger partial charge < -0.3 is 10.6 Å². The van der Waals surface area contributed by atoms with Gasteiger partial charge in [-0.3, -0.25) is 0 Å². The number of nitrogens with one attached hydrogen (secondary N) is 2. The smallest absolute Gasteiger partial charge is 0.238 e. The number of hydrogen-bond acceptors (Lipinski definition) is 3. The molecule has 8 heteroatoms. The first kappa shape index (κ1) is 16.9. The monoisotopic (exact) mass is 399 g/mol. The van der Waals surface area contributed by atoms with E-state index in [1.807, 2.05) is 25.1 Å². The van der Waals surface area contributed by atoms with Crippen LogP contribution < -0.4 is 15.8 Å². The summed E-state index contributed by atoms with van der Waals surface area (Å²) in [6, 6.07) is 11.8. The molecular formula is C14H14BrN3O2S2. The first-order valence-electron chi connectivity index (χ1n) is 6.23. The molecule has 0 saturated carbocycles. The number of hydrogen-bond donors (Lipinski definition) is 3. The highest BCUT2D eigenvalue weighted by molar-refractivity contribution is 9.10. The second-order valence-electron chi connectivity index (χ2n) is 4.61. The minimum absolute atomic E-state index is 0.0560. The number of benzene rings is 2. The summed E-state index contributed by atoms with van der Waals surface area (Å²) in [5, 5.41) is 11.5. The Balaban J connectivity index is 2.04. The van der Waals surface area contributed by atoms with Crippen molar-refractivity contribution in [2.24, 2.45) is 5.14 Å². The SMILES string of the molecule is Cc1cc(NC(=S)Nc2ccc(S(N)(=O)=O)cc2)ccc1Br. The minimum atomic E-state index is -3.69. The molecule has 2 aromatic carbocycles. The Bertz CT molecular complexity index is 805. The van der Waals surface area contributed by atoms with Crippen LogP contribution in [0.3, 0.4) is 0 Å². The van der Waals surface area contributed by atoms with E-state index in [2.05, 4.69) is 26.6 Å². The Morgan fingerprint density at radius 1 is 1.09 bits per heavy atom. The average Bonchev–Trinajstić information content (AvgIpc) is 2.42. The zero-order valence-electron chi connectivity index (χ0n) is 11.6. The van der Waals surface area contributed by atoms with Gasteiger partial charge in [-0.1, -0.05) is 15.9 Å². The van der Waals surface area contributed by atoms with Gasteiger partial charge in [0.2, 0.25) is 10.0 Å². The molecule has 0 aromatic heterocycles. The number of nitrogens with two attached hydrogens (primary N) is 1. The summed E-state index contributed by atoms with van der Waals surface area (Å²) in [5.41, 5.74) is 2.61. The molecule has 0 aliphatic heterocycles. The van der Waals surface area contributed by atoms with E-state index in [0.717, 1.165) is 15.7 Å². The highest BCUT2D eigenvalue weighted by Crippen LogP contribution is 2.20. The van der Waals surface area contributed by atoms with Gasteiger partial charge in [0.25, 0.3) is 0 Å². The molecule has 0 saturated heterocycles. The van der Waals surface area contributed by atoms with Crippen molar-refractivity contribution in [3.8, 4) is 0 Å². The van der Waals surface area contributed by atoms with Crippen LogP contribution in [0.25, 0.3) is 0 Å². The van der Waals surface area contributed by atoms with Crippen LogP contribution in [-0.2, 0) is 10.0 Å². The lowest BCUT2D eigenvalue weighted by Crippen LogP contribution is -2.19. The molecule has 0 radical (unpaired) electrons. The van der Waals surface area contributed by atoms with Gasteiger partial charge in [0.1, 0.15) is 0 Å². The minimum Gasteiger partial charge on any atom is -0.332 e. The van der Waals surface area contributed by atoms with Gasteiger partial charge in [-0.15, -0.1) is 0 Å². The Hall–Kier alpha value is -1.48. The fourth-order valence-corrected chi connectivity index (χ4v) is 2.74. The van der Waals surface area contributed by atoms with Gasteiger partial charge in [-0.25, -0.2) is 13.6 Å². The van der Waals surface area contributed by atoms with Gasteiger partial charge >= 0.3 is 0 Å². The van der Waals surface area contributed by atoms with E-state index in [1.54, 1.807) is 12.1 Å². The van der Waals surface area contributed by atoms with Gasteiger partial charge in [0.15, 0.2) is 5.11 Å². The lowest BCUT2D eigenvalue weighted by molar-refractivity contribution is 0.598. The molecule has 5 nitrogen and oxygen atoms in total. The van der Waals surface area contributed by atoms with Crippen LogP contribution in [0.15, 0.2) is 51.8 Å². The van der Waals surface area contributed by atoms with Crippen LogP contribution in [0.4, 0.5) is 11.4 Å². The Morgan fingerprint density at radius 2 is 1.64 bits per heavy atom. The van der Waals surface area contributed by atoms with Crippen LogP contribution in [0.1, 0.15) is 5.56 Å². The molecule has 0 aliphatic carbocycles. The fraction of sp³-hybridized carbons (Fsp3) is 0.0714. The van der Waals surface area contributed by atoms with Crippen LogP contribution in [-0.4, -0.2) is 13.5 Å². The standard InChI is InChI=1S/C14H14BrN3O2S2/c1-9-8-11(4-7-13(9)15)18-14(21)17-10-2-5-12(6-3-10)22(16,19)20/h2-8H,1H3,(H2,16,19,20)(H2,17,18,21). The van der Waals surface area contributed by atoms with E-state index in [0.29, 0.717) is 10.8 Å². The van der Waals surface area contributed by atoms with Gasteiger partial charge in [-0.2, -0.15) is 0 Å². The summed E-state index contributed by atoms with van der Waals surface area (Å²) in [7, 11) is -3.69. The highest BCUT2D eigenvalue weighted by Gasteiger charge is 2.07. The molecule has 0 amide bonds. The molecule has 4 N–H and O–H groups in total. The first-order valence-corrected chi connectivity index (χ1v) is 8.97. The van der Waals surface area contributed by atoms with Crippen LogP contribution >= 0.6 is 28.1 Å². The van der Waals surface area contributed by atoms with Gasteiger partial charge in [-0.05, 0) is 67.2 Å². The largest absolute Gasteiger partial charge is 0.332 e. The van der Waals surface area contributed by atoms with Crippen molar-refractivity contribution in [2.45, 2.75) is 11.8 Å². The van der Waals surface area contributed by atoms with E-state index in [4.69, 9.17) is 17.4 Å². The highest BCUT2D eigenvalue weighted by atomic mass is 79.9. The lowest BCUT2D eigenvalue weighted by Gasteiger charge is -2.12. The van der Waals surface area contributed by atoms with Crippen molar-refractivity contribution in [1.29, 1.82) is 0 Å². The predicted molar refractivity (Wildman–Crippen MR) is 96.5 cm³/mol. The van der Waals surface area contributed by atoms with Crippen LogP contribution in [0.2, 0.25) is 0 Å². The topological polar surface area (TPSA) is 84.2 Å². The summed E-state index contributed by atoms with van der Waals surface area (Å²) in [6.45, 7) is 1.98. The molecule has 0 aliphatic rings. The number of rotatable bonds is 3. The molecule has 0 spiro atoms. The number of thiocarbonyl (C=S) groups is 1. The van der Waals surface area contributed by atoms with Crippen molar-refractivity contribution < 1.29 is 8.42 Å². The molecule has 0 bridgehead atoms. The number of primary sulfonamides is 1. The first-order chi connectivity index (χ1) is 10.3. The number of halogens is 1. The van der Waals surface area contributed by atoms with Crippen LogP contribution in [0.5, 0.6) is 0 Å². The quantitative estimate of drug-likeness (QED) is 0.689. The fourth-order valence-electron chi connectivity index (χ4n) is 1.74. The summed E-state index contributed by atoms with van der Waals surface area (Å²) < 4.78 is 23.4. The van der Waals surface area contributed by atoms with Gasteiger partial charge in [0.05, 0.1) is 4.90 Å². The average molecular weight is 400 g/mol. The van der Waals surface area contributed by atoms with Crippen molar-refractivity contribution in [1.82, 2.24) is 0 Å². The summed E-state index contributed by atoms with van der Waals surface area (Å²) >= 11 is 8.66. The molecule has 116 valence electrons. The lowest BCUT2D eigenvalue weighted by atomic mass is 10.2. The maximum Gasteiger partial charge on any atom is 0.238 e. The molecule has 2 aromatic rings.